The quantitative estimate of drug-likeness (QED) is 0.877. The Kier molecular flexibility index (Phi) is 3.69. The van der Waals surface area contributed by atoms with Crippen LogP contribution in [0.3, 0.4) is 0 Å². The minimum atomic E-state index is -4.02. The maximum absolute atomic E-state index is 12.3. The molecule has 0 saturated heterocycles. The van der Waals surface area contributed by atoms with Crippen molar-refractivity contribution in [2.75, 3.05) is 4.72 Å². The van der Waals surface area contributed by atoms with Crippen LogP contribution in [-0.2, 0) is 10.0 Å². The summed E-state index contributed by atoms with van der Waals surface area (Å²) in [4.78, 5) is 14.7. The Labute approximate surface area is 120 Å². The smallest absolute Gasteiger partial charge is 0.335 e. The second-order valence-electron chi connectivity index (χ2n) is 4.47. The Morgan fingerprint density at radius 3 is 2.48 bits per heavy atom. The summed E-state index contributed by atoms with van der Waals surface area (Å²) in [5, 5.41) is 12.5. The van der Waals surface area contributed by atoms with Crippen molar-refractivity contribution < 1.29 is 22.8 Å². The molecule has 0 bridgehead atoms. The van der Waals surface area contributed by atoms with Gasteiger partial charge in [0.1, 0.15) is 0 Å². The van der Waals surface area contributed by atoms with Crippen molar-refractivity contribution in [3.8, 4) is 0 Å². The molecule has 9 heteroatoms. The van der Waals surface area contributed by atoms with Crippen LogP contribution in [0.5, 0.6) is 0 Å². The minimum Gasteiger partial charge on any atom is -0.478 e. The lowest BCUT2D eigenvalue weighted by atomic mass is 10.1. The SMILES string of the molecule is Cc1noc(NS(=O)(=O)c2cc(C(=O)O)cc(C)c2C)n1. The number of aryl methyl sites for hydroxylation is 2. The molecule has 2 N–H and O–H groups in total. The monoisotopic (exact) mass is 311 g/mol. The normalized spacial score (nSPS) is 11.4. The maximum atomic E-state index is 12.3. The number of nitrogens with zero attached hydrogens (tertiary/aromatic N) is 2. The Bertz CT molecular complexity index is 810. The highest BCUT2D eigenvalue weighted by Crippen LogP contribution is 2.23. The van der Waals surface area contributed by atoms with E-state index in [1.165, 1.54) is 6.07 Å². The van der Waals surface area contributed by atoms with E-state index < -0.39 is 16.0 Å². The summed E-state index contributed by atoms with van der Waals surface area (Å²) in [6.07, 6.45) is 0. The summed E-state index contributed by atoms with van der Waals surface area (Å²) < 4.78 is 31.5. The molecule has 8 nitrogen and oxygen atoms in total. The third kappa shape index (κ3) is 3.02. The van der Waals surface area contributed by atoms with Gasteiger partial charge in [0, 0.05) is 0 Å². The van der Waals surface area contributed by atoms with Crippen LogP contribution >= 0.6 is 0 Å². The Morgan fingerprint density at radius 2 is 1.95 bits per heavy atom. The first-order valence-electron chi connectivity index (χ1n) is 5.88. The van der Waals surface area contributed by atoms with Crippen LogP contribution in [0.1, 0.15) is 27.3 Å². The number of benzene rings is 1. The number of aromatic nitrogens is 2. The van der Waals surface area contributed by atoms with Crippen LogP contribution in [0.2, 0.25) is 0 Å². The largest absolute Gasteiger partial charge is 0.478 e. The minimum absolute atomic E-state index is 0.111. The number of carboxylic acid groups (broad SMARTS) is 1. The zero-order chi connectivity index (χ0) is 15.8. The van der Waals surface area contributed by atoms with Gasteiger partial charge in [-0.1, -0.05) is 5.16 Å². The predicted octanol–water partition coefficient (Wildman–Crippen LogP) is 1.49. The highest BCUT2D eigenvalue weighted by Gasteiger charge is 2.22. The standard InChI is InChI=1S/C12H13N3O5S/c1-6-4-9(11(16)17)5-10(7(6)2)21(18,19)15-12-13-8(3)14-20-12/h4-5H,1-3H3,(H,16,17)(H,13,14,15). The van der Waals surface area contributed by atoms with Crippen molar-refractivity contribution in [1.82, 2.24) is 10.1 Å². The van der Waals surface area contributed by atoms with Crippen molar-refractivity contribution >= 4 is 22.0 Å². The van der Waals surface area contributed by atoms with Gasteiger partial charge < -0.3 is 9.63 Å². The second-order valence-corrected chi connectivity index (χ2v) is 6.12. The first-order chi connectivity index (χ1) is 9.70. The molecular formula is C12H13N3O5S. The van der Waals surface area contributed by atoms with Crippen molar-refractivity contribution in [2.24, 2.45) is 0 Å². The summed E-state index contributed by atoms with van der Waals surface area (Å²) in [5.74, 6) is -0.928. The molecule has 1 aromatic heterocycles. The van der Waals surface area contributed by atoms with Crippen LogP contribution in [0, 0.1) is 20.8 Å². The van der Waals surface area contributed by atoms with Crippen molar-refractivity contribution in [3.05, 3.63) is 34.6 Å². The first-order valence-corrected chi connectivity index (χ1v) is 7.36. The van der Waals surface area contributed by atoms with E-state index in [1.807, 2.05) is 0 Å². The highest BCUT2D eigenvalue weighted by molar-refractivity contribution is 7.92. The molecule has 0 unspecified atom stereocenters. The van der Waals surface area contributed by atoms with E-state index in [2.05, 4.69) is 14.9 Å². The van der Waals surface area contributed by atoms with E-state index in [9.17, 15) is 13.2 Å². The van der Waals surface area contributed by atoms with Crippen molar-refractivity contribution in [1.29, 1.82) is 0 Å². The van der Waals surface area contributed by atoms with E-state index in [4.69, 9.17) is 9.63 Å². The van der Waals surface area contributed by atoms with Crippen LogP contribution in [-0.4, -0.2) is 29.6 Å². The van der Waals surface area contributed by atoms with Crippen LogP contribution in [0.4, 0.5) is 6.01 Å². The second kappa shape index (κ2) is 5.17. The van der Waals surface area contributed by atoms with Crippen LogP contribution < -0.4 is 4.72 Å². The average Bonchev–Trinajstić information content (AvgIpc) is 2.76. The lowest BCUT2D eigenvalue weighted by Gasteiger charge is -2.11. The number of carbonyl (C=O) groups is 1. The van der Waals surface area contributed by atoms with Gasteiger partial charge in [-0.05, 0) is 44.0 Å². The number of aromatic carboxylic acids is 1. The molecule has 1 heterocycles. The van der Waals surface area contributed by atoms with Gasteiger partial charge in [-0.15, -0.1) is 0 Å². The zero-order valence-electron chi connectivity index (χ0n) is 11.5. The third-order valence-corrected chi connectivity index (χ3v) is 4.35. The summed E-state index contributed by atoms with van der Waals surface area (Å²) in [6, 6.07) is 2.23. The van der Waals surface area contributed by atoms with E-state index >= 15 is 0 Å². The van der Waals surface area contributed by atoms with E-state index in [-0.39, 0.29) is 22.3 Å². The molecule has 0 spiro atoms. The first kappa shape index (κ1) is 15.0. The molecule has 112 valence electrons. The van der Waals surface area contributed by atoms with Gasteiger partial charge in [-0.25, -0.2) is 17.9 Å². The van der Waals surface area contributed by atoms with Crippen LogP contribution in [0.15, 0.2) is 21.6 Å². The number of rotatable bonds is 4. The Morgan fingerprint density at radius 1 is 1.29 bits per heavy atom. The van der Waals surface area contributed by atoms with Gasteiger partial charge in [-0.3, -0.25) is 0 Å². The molecule has 0 aliphatic rings. The molecule has 0 atom stereocenters. The van der Waals surface area contributed by atoms with Gasteiger partial charge in [0.25, 0.3) is 10.0 Å². The summed E-state index contributed by atoms with van der Waals surface area (Å²) in [7, 11) is -4.02. The lowest BCUT2D eigenvalue weighted by molar-refractivity contribution is 0.0696. The van der Waals surface area contributed by atoms with E-state index in [1.54, 1.807) is 20.8 Å². The number of hydrogen-bond acceptors (Lipinski definition) is 6. The molecule has 0 aliphatic heterocycles. The van der Waals surface area contributed by atoms with Gasteiger partial charge in [0.2, 0.25) is 0 Å². The van der Waals surface area contributed by atoms with E-state index in [0.29, 0.717) is 11.1 Å². The molecule has 21 heavy (non-hydrogen) atoms. The molecule has 0 fully saturated rings. The Hall–Kier alpha value is -2.42. The molecule has 0 amide bonds. The number of anilines is 1. The lowest BCUT2D eigenvalue weighted by Crippen LogP contribution is -2.16. The molecular weight excluding hydrogens is 298 g/mol. The maximum Gasteiger partial charge on any atom is 0.335 e. The number of nitrogens with one attached hydrogen (secondary N) is 1. The third-order valence-electron chi connectivity index (χ3n) is 2.91. The van der Waals surface area contributed by atoms with Gasteiger partial charge in [0.15, 0.2) is 5.82 Å². The molecule has 0 radical (unpaired) electrons. The molecule has 2 aromatic rings. The summed E-state index contributed by atoms with van der Waals surface area (Å²) in [6.45, 7) is 4.77. The summed E-state index contributed by atoms with van der Waals surface area (Å²) in [5.41, 5.74) is 0.890. The topological polar surface area (TPSA) is 122 Å². The Balaban J connectivity index is 2.51. The van der Waals surface area contributed by atoms with Crippen molar-refractivity contribution in [2.45, 2.75) is 25.7 Å². The molecule has 0 aliphatic carbocycles. The average molecular weight is 311 g/mol. The van der Waals surface area contributed by atoms with Gasteiger partial charge in [-0.2, -0.15) is 4.98 Å². The zero-order valence-corrected chi connectivity index (χ0v) is 12.4. The molecule has 0 saturated carbocycles. The van der Waals surface area contributed by atoms with Gasteiger partial charge >= 0.3 is 12.0 Å². The van der Waals surface area contributed by atoms with E-state index in [0.717, 1.165) is 6.07 Å². The molecule has 2 rings (SSSR count). The van der Waals surface area contributed by atoms with Gasteiger partial charge in [0.05, 0.1) is 10.5 Å². The fourth-order valence-corrected chi connectivity index (χ4v) is 3.01. The highest BCUT2D eigenvalue weighted by atomic mass is 32.2. The fourth-order valence-electron chi connectivity index (χ4n) is 1.74. The number of sulfonamides is 1. The number of carboxylic acids is 1. The summed E-state index contributed by atoms with van der Waals surface area (Å²) >= 11 is 0. The number of hydrogen-bond donors (Lipinski definition) is 2. The predicted molar refractivity (Wildman–Crippen MR) is 72.7 cm³/mol. The van der Waals surface area contributed by atoms with Crippen LogP contribution in [0.25, 0.3) is 0 Å². The van der Waals surface area contributed by atoms with Crippen molar-refractivity contribution in [3.63, 3.8) is 0 Å². The fraction of sp³-hybridized carbons (Fsp3) is 0.250. The molecule has 1 aromatic carbocycles.